The number of carbonyl (C=O) groups excluding carboxylic acids is 1. The van der Waals surface area contributed by atoms with Crippen LogP contribution in [0.1, 0.15) is 23.7 Å². The number of para-hydroxylation sites is 1. The van der Waals surface area contributed by atoms with Crippen LogP contribution in [0.15, 0.2) is 46.9 Å². The first kappa shape index (κ1) is 15.5. The molecular formula is C16H15BrFNO2. The van der Waals surface area contributed by atoms with Gasteiger partial charge in [0.25, 0.3) is 5.91 Å². The van der Waals surface area contributed by atoms with E-state index in [1.807, 2.05) is 6.92 Å². The van der Waals surface area contributed by atoms with Gasteiger partial charge in [0.15, 0.2) is 0 Å². The van der Waals surface area contributed by atoms with Crippen molar-refractivity contribution in [2.45, 2.75) is 13.3 Å². The molecule has 21 heavy (non-hydrogen) atoms. The van der Waals surface area contributed by atoms with Crippen molar-refractivity contribution in [1.82, 2.24) is 0 Å². The zero-order valence-corrected chi connectivity index (χ0v) is 13.1. The van der Waals surface area contributed by atoms with Crippen LogP contribution in [0, 0.1) is 5.82 Å². The summed E-state index contributed by atoms with van der Waals surface area (Å²) < 4.78 is 19.7. The van der Waals surface area contributed by atoms with Gasteiger partial charge in [-0.1, -0.05) is 19.1 Å². The lowest BCUT2D eigenvalue weighted by Gasteiger charge is -2.10. The normalized spacial score (nSPS) is 10.2. The minimum absolute atomic E-state index is 0.157. The van der Waals surface area contributed by atoms with Gasteiger partial charge in [0, 0.05) is 5.56 Å². The SMILES string of the molecule is CCCOc1ccc(C(=O)Nc2ccccc2F)cc1Br. The number of hydrogen-bond acceptors (Lipinski definition) is 2. The second-order valence-corrected chi connectivity index (χ2v) is 5.28. The van der Waals surface area contributed by atoms with E-state index in [1.165, 1.54) is 12.1 Å². The Kier molecular flexibility index (Phi) is 5.33. The number of rotatable bonds is 5. The van der Waals surface area contributed by atoms with Crippen molar-refractivity contribution in [2.75, 3.05) is 11.9 Å². The third-order valence-electron chi connectivity index (χ3n) is 2.78. The van der Waals surface area contributed by atoms with Gasteiger partial charge in [0.2, 0.25) is 0 Å². The number of benzene rings is 2. The predicted octanol–water partition coefficient (Wildman–Crippen LogP) is 4.63. The van der Waals surface area contributed by atoms with Crippen LogP contribution in [0.2, 0.25) is 0 Å². The number of ether oxygens (including phenoxy) is 1. The molecule has 0 unspecified atom stereocenters. The molecular weight excluding hydrogens is 337 g/mol. The molecule has 0 atom stereocenters. The molecule has 2 aromatic rings. The first-order chi connectivity index (χ1) is 10.1. The summed E-state index contributed by atoms with van der Waals surface area (Å²) in [4.78, 5) is 12.1. The number of amides is 1. The van der Waals surface area contributed by atoms with Gasteiger partial charge in [0.1, 0.15) is 11.6 Å². The van der Waals surface area contributed by atoms with Gasteiger partial charge in [-0.05, 0) is 52.7 Å². The summed E-state index contributed by atoms with van der Waals surface area (Å²) in [5.74, 6) is -0.157. The van der Waals surface area contributed by atoms with Crippen LogP contribution in [-0.2, 0) is 0 Å². The summed E-state index contributed by atoms with van der Waals surface area (Å²) in [6, 6.07) is 11.1. The van der Waals surface area contributed by atoms with Crippen LogP contribution >= 0.6 is 15.9 Å². The minimum atomic E-state index is -0.465. The molecule has 0 saturated carbocycles. The number of carbonyl (C=O) groups is 1. The van der Waals surface area contributed by atoms with E-state index in [0.717, 1.165) is 6.42 Å². The topological polar surface area (TPSA) is 38.3 Å². The van der Waals surface area contributed by atoms with E-state index in [0.29, 0.717) is 22.4 Å². The second kappa shape index (κ2) is 7.22. The molecule has 0 radical (unpaired) electrons. The molecule has 0 saturated heterocycles. The summed E-state index contributed by atoms with van der Waals surface area (Å²) in [5.41, 5.74) is 0.582. The number of halogens is 2. The van der Waals surface area contributed by atoms with E-state index in [4.69, 9.17) is 4.74 Å². The summed E-state index contributed by atoms with van der Waals surface area (Å²) in [6.45, 7) is 2.63. The second-order valence-electron chi connectivity index (χ2n) is 4.43. The molecule has 0 bridgehead atoms. The lowest BCUT2D eigenvalue weighted by Crippen LogP contribution is -2.13. The van der Waals surface area contributed by atoms with Gasteiger partial charge >= 0.3 is 0 Å². The minimum Gasteiger partial charge on any atom is -0.492 e. The van der Waals surface area contributed by atoms with Crippen molar-refractivity contribution in [3.63, 3.8) is 0 Å². The average molecular weight is 352 g/mol. The maximum Gasteiger partial charge on any atom is 0.255 e. The highest BCUT2D eigenvalue weighted by atomic mass is 79.9. The summed E-state index contributed by atoms with van der Waals surface area (Å²) in [5, 5.41) is 2.54. The lowest BCUT2D eigenvalue weighted by molar-refractivity contribution is 0.102. The Morgan fingerprint density at radius 2 is 2.05 bits per heavy atom. The van der Waals surface area contributed by atoms with Gasteiger partial charge in [-0.3, -0.25) is 4.79 Å². The highest BCUT2D eigenvalue weighted by Crippen LogP contribution is 2.26. The predicted molar refractivity (Wildman–Crippen MR) is 84.3 cm³/mol. The van der Waals surface area contributed by atoms with Crippen molar-refractivity contribution in [3.8, 4) is 5.75 Å². The third kappa shape index (κ3) is 4.04. The van der Waals surface area contributed by atoms with Crippen molar-refractivity contribution < 1.29 is 13.9 Å². The van der Waals surface area contributed by atoms with Crippen LogP contribution in [0.25, 0.3) is 0 Å². The molecule has 0 aliphatic carbocycles. The van der Waals surface area contributed by atoms with E-state index >= 15 is 0 Å². The van der Waals surface area contributed by atoms with Crippen molar-refractivity contribution in [2.24, 2.45) is 0 Å². The molecule has 0 spiro atoms. The van der Waals surface area contributed by atoms with Crippen molar-refractivity contribution >= 4 is 27.5 Å². The largest absolute Gasteiger partial charge is 0.492 e. The zero-order chi connectivity index (χ0) is 15.2. The molecule has 3 nitrogen and oxygen atoms in total. The van der Waals surface area contributed by atoms with Gasteiger partial charge < -0.3 is 10.1 Å². The molecule has 0 aliphatic heterocycles. The van der Waals surface area contributed by atoms with Crippen LogP contribution in [0.3, 0.4) is 0 Å². The summed E-state index contributed by atoms with van der Waals surface area (Å²) >= 11 is 3.37. The van der Waals surface area contributed by atoms with Gasteiger partial charge in [0.05, 0.1) is 16.8 Å². The Morgan fingerprint density at radius 3 is 2.71 bits per heavy atom. The van der Waals surface area contributed by atoms with Gasteiger partial charge in [-0.25, -0.2) is 4.39 Å². The highest BCUT2D eigenvalue weighted by molar-refractivity contribution is 9.10. The summed E-state index contributed by atoms with van der Waals surface area (Å²) in [7, 11) is 0. The fourth-order valence-electron chi connectivity index (χ4n) is 1.73. The molecule has 0 heterocycles. The van der Waals surface area contributed by atoms with Crippen LogP contribution in [0.5, 0.6) is 5.75 Å². The van der Waals surface area contributed by atoms with E-state index in [1.54, 1.807) is 30.3 Å². The smallest absolute Gasteiger partial charge is 0.255 e. The Labute approximate surface area is 131 Å². The van der Waals surface area contributed by atoms with Gasteiger partial charge in [-0.15, -0.1) is 0 Å². The highest BCUT2D eigenvalue weighted by Gasteiger charge is 2.11. The van der Waals surface area contributed by atoms with Crippen molar-refractivity contribution in [3.05, 3.63) is 58.3 Å². The number of anilines is 1. The monoisotopic (exact) mass is 351 g/mol. The lowest BCUT2D eigenvalue weighted by atomic mass is 10.2. The molecule has 1 N–H and O–H groups in total. The molecule has 0 fully saturated rings. The fraction of sp³-hybridized carbons (Fsp3) is 0.188. The molecule has 2 aromatic carbocycles. The van der Waals surface area contributed by atoms with E-state index in [-0.39, 0.29) is 11.6 Å². The Bertz CT molecular complexity index is 646. The molecule has 2 rings (SSSR count). The van der Waals surface area contributed by atoms with Gasteiger partial charge in [-0.2, -0.15) is 0 Å². The average Bonchev–Trinajstić information content (AvgIpc) is 2.48. The quantitative estimate of drug-likeness (QED) is 0.852. The first-order valence-electron chi connectivity index (χ1n) is 6.60. The molecule has 1 amide bonds. The molecule has 5 heteroatoms. The maximum absolute atomic E-state index is 13.5. The van der Waals surface area contributed by atoms with E-state index < -0.39 is 5.82 Å². The zero-order valence-electron chi connectivity index (χ0n) is 11.5. The maximum atomic E-state index is 13.5. The number of hydrogen-bond donors (Lipinski definition) is 1. The fourth-order valence-corrected chi connectivity index (χ4v) is 2.22. The van der Waals surface area contributed by atoms with Crippen molar-refractivity contribution in [1.29, 1.82) is 0 Å². The summed E-state index contributed by atoms with van der Waals surface area (Å²) in [6.07, 6.45) is 0.905. The standard InChI is InChI=1S/C16H15BrFNO2/c1-2-9-21-15-8-7-11(10-12(15)17)16(20)19-14-6-4-3-5-13(14)18/h3-8,10H,2,9H2,1H3,(H,19,20). The Morgan fingerprint density at radius 1 is 1.29 bits per heavy atom. The van der Waals surface area contributed by atoms with E-state index in [2.05, 4.69) is 21.2 Å². The van der Waals surface area contributed by atoms with Crippen LogP contribution in [0.4, 0.5) is 10.1 Å². The molecule has 0 aliphatic rings. The molecule has 110 valence electrons. The first-order valence-corrected chi connectivity index (χ1v) is 7.39. The Balaban J connectivity index is 2.13. The third-order valence-corrected chi connectivity index (χ3v) is 3.40. The Hall–Kier alpha value is -1.88. The van der Waals surface area contributed by atoms with Crippen LogP contribution < -0.4 is 10.1 Å². The van der Waals surface area contributed by atoms with E-state index in [9.17, 15) is 9.18 Å². The number of nitrogens with one attached hydrogen (secondary N) is 1. The van der Waals surface area contributed by atoms with Crippen LogP contribution in [-0.4, -0.2) is 12.5 Å². The molecule has 0 aromatic heterocycles.